The van der Waals surface area contributed by atoms with Crippen molar-refractivity contribution in [3.63, 3.8) is 0 Å². The largest absolute Gasteiger partial charge is 0.338 e. The number of sulfonamides is 1. The van der Waals surface area contributed by atoms with E-state index in [0.717, 1.165) is 23.6 Å². The van der Waals surface area contributed by atoms with Crippen molar-refractivity contribution in [1.82, 2.24) is 4.90 Å². The van der Waals surface area contributed by atoms with Crippen LogP contribution in [0.4, 0.5) is 10.1 Å². The third kappa shape index (κ3) is 3.66. The molecule has 0 unspecified atom stereocenters. The zero-order chi connectivity index (χ0) is 18.2. The second-order valence-electron chi connectivity index (χ2n) is 6.19. The van der Waals surface area contributed by atoms with E-state index in [9.17, 15) is 17.6 Å². The lowest BCUT2D eigenvalue weighted by atomic mass is 9.99. The van der Waals surface area contributed by atoms with Crippen LogP contribution in [-0.2, 0) is 27.8 Å². The van der Waals surface area contributed by atoms with Crippen LogP contribution in [0.3, 0.4) is 0 Å². The van der Waals surface area contributed by atoms with Crippen LogP contribution in [-0.4, -0.2) is 25.8 Å². The SMILES string of the molecule is CC(=O)N1CCc2ccc(NS(=O)(=O)c3ccc(F)c(C)c3)cc2C1. The zero-order valence-corrected chi connectivity index (χ0v) is 14.9. The molecule has 0 radical (unpaired) electrons. The molecule has 1 aliphatic rings. The summed E-state index contributed by atoms with van der Waals surface area (Å²) in [5, 5.41) is 0. The van der Waals surface area contributed by atoms with Crippen LogP contribution in [0.1, 0.15) is 23.6 Å². The molecule has 0 spiro atoms. The Morgan fingerprint density at radius 3 is 2.60 bits per heavy atom. The van der Waals surface area contributed by atoms with E-state index in [1.807, 2.05) is 6.07 Å². The summed E-state index contributed by atoms with van der Waals surface area (Å²) >= 11 is 0. The number of anilines is 1. The van der Waals surface area contributed by atoms with Gasteiger partial charge in [-0.15, -0.1) is 0 Å². The molecule has 2 aromatic rings. The van der Waals surface area contributed by atoms with Gasteiger partial charge in [0, 0.05) is 25.7 Å². The lowest BCUT2D eigenvalue weighted by Crippen LogP contribution is -2.34. The van der Waals surface area contributed by atoms with Crippen LogP contribution in [0.5, 0.6) is 0 Å². The normalized spacial score (nSPS) is 14.1. The highest BCUT2D eigenvalue weighted by molar-refractivity contribution is 7.92. The fourth-order valence-electron chi connectivity index (χ4n) is 2.89. The molecule has 1 N–H and O–H groups in total. The standard InChI is InChI=1S/C18H19FN2O3S/c1-12-9-17(5-6-18(12)19)25(23,24)20-16-4-3-14-7-8-21(13(2)22)11-15(14)10-16/h3-6,9-10,20H,7-8,11H2,1-2H3. The van der Waals surface area contributed by atoms with Crippen LogP contribution in [0, 0.1) is 12.7 Å². The molecule has 0 bridgehead atoms. The summed E-state index contributed by atoms with van der Waals surface area (Å²) in [7, 11) is -3.81. The highest BCUT2D eigenvalue weighted by Gasteiger charge is 2.20. The molecule has 1 amide bonds. The first-order valence-electron chi connectivity index (χ1n) is 7.92. The van der Waals surface area contributed by atoms with Crippen LogP contribution < -0.4 is 4.72 Å². The molecular formula is C18H19FN2O3S. The summed E-state index contributed by atoms with van der Waals surface area (Å²) in [4.78, 5) is 13.3. The lowest BCUT2D eigenvalue weighted by Gasteiger charge is -2.28. The average Bonchev–Trinajstić information content (AvgIpc) is 2.56. The zero-order valence-electron chi connectivity index (χ0n) is 14.0. The minimum Gasteiger partial charge on any atom is -0.338 e. The summed E-state index contributed by atoms with van der Waals surface area (Å²) in [6, 6.07) is 9.00. The van der Waals surface area contributed by atoms with Gasteiger partial charge in [-0.3, -0.25) is 9.52 Å². The summed E-state index contributed by atoms with van der Waals surface area (Å²) in [6.07, 6.45) is 0.749. The molecule has 2 aromatic carbocycles. The van der Waals surface area contributed by atoms with Crippen molar-refractivity contribution < 1.29 is 17.6 Å². The fraction of sp³-hybridized carbons (Fsp3) is 0.278. The first-order chi connectivity index (χ1) is 11.8. The molecule has 3 rings (SSSR count). The van der Waals surface area contributed by atoms with Gasteiger partial charge in [0.1, 0.15) is 5.82 Å². The van der Waals surface area contributed by atoms with Crippen molar-refractivity contribution in [2.24, 2.45) is 0 Å². The van der Waals surface area contributed by atoms with Gasteiger partial charge in [-0.2, -0.15) is 0 Å². The Hall–Kier alpha value is -2.41. The molecule has 25 heavy (non-hydrogen) atoms. The molecule has 132 valence electrons. The minimum atomic E-state index is -3.81. The third-order valence-corrected chi connectivity index (χ3v) is 5.73. The number of rotatable bonds is 3. The van der Waals surface area contributed by atoms with Crippen LogP contribution in [0.2, 0.25) is 0 Å². The fourth-order valence-corrected chi connectivity index (χ4v) is 4.02. The molecule has 5 nitrogen and oxygen atoms in total. The molecule has 0 saturated carbocycles. The molecule has 7 heteroatoms. The number of halogens is 1. The van der Waals surface area contributed by atoms with Gasteiger partial charge in [0.05, 0.1) is 4.90 Å². The van der Waals surface area contributed by atoms with Crippen molar-refractivity contribution in [2.75, 3.05) is 11.3 Å². The van der Waals surface area contributed by atoms with E-state index >= 15 is 0 Å². The van der Waals surface area contributed by atoms with E-state index in [0.29, 0.717) is 18.8 Å². The predicted octanol–water partition coefficient (Wildman–Crippen LogP) is 2.84. The maximum Gasteiger partial charge on any atom is 0.261 e. The van der Waals surface area contributed by atoms with E-state index in [1.165, 1.54) is 26.0 Å². The van der Waals surface area contributed by atoms with Gasteiger partial charge in [0.25, 0.3) is 10.0 Å². The number of hydrogen-bond donors (Lipinski definition) is 1. The smallest absolute Gasteiger partial charge is 0.261 e. The number of hydrogen-bond acceptors (Lipinski definition) is 3. The second-order valence-corrected chi connectivity index (χ2v) is 7.87. The molecule has 0 aromatic heterocycles. The van der Waals surface area contributed by atoms with E-state index in [4.69, 9.17) is 0 Å². The van der Waals surface area contributed by atoms with Crippen molar-refractivity contribution in [3.8, 4) is 0 Å². The number of nitrogens with one attached hydrogen (secondary N) is 1. The van der Waals surface area contributed by atoms with Gasteiger partial charge < -0.3 is 4.90 Å². The number of fused-ring (bicyclic) bond motifs is 1. The quantitative estimate of drug-likeness (QED) is 0.913. The summed E-state index contributed by atoms with van der Waals surface area (Å²) in [5.41, 5.74) is 2.73. The number of aryl methyl sites for hydroxylation is 1. The first kappa shape index (κ1) is 17.4. The average molecular weight is 362 g/mol. The van der Waals surface area contributed by atoms with Gasteiger partial charge in [-0.1, -0.05) is 6.07 Å². The van der Waals surface area contributed by atoms with Gasteiger partial charge in [-0.25, -0.2) is 12.8 Å². The van der Waals surface area contributed by atoms with E-state index in [2.05, 4.69) is 4.72 Å². The Bertz CT molecular complexity index is 941. The van der Waals surface area contributed by atoms with Gasteiger partial charge in [-0.05, 0) is 60.4 Å². The van der Waals surface area contributed by atoms with E-state index < -0.39 is 15.8 Å². The highest BCUT2D eigenvalue weighted by Crippen LogP contribution is 2.25. The maximum absolute atomic E-state index is 13.4. The monoisotopic (exact) mass is 362 g/mol. The number of carbonyl (C=O) groups excluding carboxylic acids is 1. The molecule has 1 aliphatic heterocycles. The first-order valence-corrected chi connectivity index (χ1v) is 9.41. The molecule has 0 fully saturated rings. The number of benzene rings is 2. The summed E-state index contributed by atoms with van der Waals surface area (Å²) in [5.74, 6) is -0.449. The van der Waals surface area contributed by atoms with E-state index in [1.54, 1.807) is 17.0 Å². The predicted molar refractivity (Wildman–Crippen MR) is 93.2 cm³/mol. The van der Waals surface area contributed by atoms with Crippen molar-refractivity contribution in [1.29, 1.82) is 0 Å². The minimum absolute atomic E-state index is 0.00146. The summed E-state index contributed by atoms with van der Waals surface area (Å²) < 4.78 is 40.9. The van der Waals surface area contributed by atoms with Gasteiger partial charge in [0.2, 0.25) is 5.91 Å². The highest BCUT2D eigenvalue weighted by atomic mass is 32.2. The topological polar surface area (TPSA) is 66.5 Å². The summed E-state index contributed by atoms with van der Waals surface area (Å²) in [6.45, 7) is 4.18. The van der Waals surface area contributed by atoms with Crippen LogP contribution >= 0.6 is 0 Å². The van der Waals surface area contributed by atoms with Gasteiger partial charge in [0.15, 0.2) is 0 Å². The van der Waals surface area contributed by atoms with Crippen LogP contribution in [0.25, 0.3) is 0 Å². The third-order valence-electron chi connectivity index (χ3n) is 4.36. The Balaban J connectivity index is 1.87. The molecule has 0 saturated heterocycles. The number of carbonyl (C=O) groups is 1. The molecule has 1 heterocycles. The molecule has 0 atom stereocenters. The van der Waals surface area contributed by atoms with Crippen molar-refractivity contribution in [2.45, 2.75) is 31.7 Å². The Morgan fingerprint density at radius 2 is 1.92 bits per heavy atom. The van der Waals surface area contributed by atoms with Crippen LogP contribution in [0.15, 0.2) is 41.3 Å². The Kier molecular flexibility index (Phi) is 4.51. The van der Waals surface area contributed by atoms with Crippen molar-refractivity contribution in [3.05, 3.63) is 58.9 Å². The van der Waals surface area contributed by atoms with E-state index in [-0.39, 0.29) is 16.4 Å². The lowest BCUT2D eigenvalue weighted by molar-refractivity contribution is -0.129. The Labute approximate surface area is 146 Å². The van der Waals surface area contributed by atoms with Gasteiger partial charge >= 0.3 is 0 Å². The second kappa shape index (κ2) is 6.48. The molecular weight excluding hydrogens is 343 g/mol. The molecule has 0 aliphatic carbocycles. The van der Waals surface area contributed by atoms with Crippen molar-refractivity contribution >= 4 is 21.6 Å². The maximum atomic E-state index is 13.4. The number of nitrogens with zero attached hydrogens (tertiary/aromatic N) is 1. The number of amides is 1. The Morgan fingerprint density at radius 1 is 1.16 bits per heavy atom.